The van der Waals surface area contributed by atoms with Crippen molar-refractivity contribution in [3.63, 3.8) is 0 Å². The Morgan fingerprint density at radius 2 is 2.06 bits per heavy atom. The van der Waals surface area contributed by atoms with Crippen molar-refractivity contribution in [1.29, 1.82) is 0 Å². The molecule has 1 aromatic heterocycles. The van der Waals surface area contributed by atoms with Gasteiger partial charge in [0.2, 0.25) is 11.8 Å². The van der Waals surface area contributed by atoms with Gasteiger partial charge in [-0.05, 0) is 37.5 Å². The fourth-order valence-corrected chi connectivity index (χ4v) is 4.57. The summed E-state index contributed by atoms with van der Waals surface area (Å²) in [4.78, 5) is 31.0. The summed E-state index contributed by atoms with van der Waals surface area (Å²) in [5.74, 6) is -1.65. The van der Waals surface area contributed by atoms with E-state index < -0.39 is 36.1 Å². The highest BCUT2D eigenvalue weighted by Crippen LogP contribution is 2.40. The van der Waals surface area contributed by atoms with Crippen LogP contribution in [0.1, 0.15) is 41.3 Å². The second-order valence-electron chi connectivity index (χ2n) is 8.99. The normalized spacial score (nSPS) is 21.9. The molecule has 35 heavy (non-hydrogen) atoms. The van der Waals surface area contributed by atoms with Crippen molar-refractivity contribution in [2.75, 3.05) is 18.5 Å². The molecule has 0 unspecified atom stereocenters. The Labute approximate surface area is 199 Å². The van der Waals surface area contributed by atoms with Gasteiger partial charge >= 0.3 is 0 Å². The van der Waals surface area contributed by atoms with Gasteiger partial charge in [0.15, 0.2) is 17.7 Å². The zero-order valence-corrected chi connectivity index (χ0v) is 19.1. The SMILES string of the molecule is Cc1cc2c(c(O[C@H](C)C(F)F)c1F)C(=O)N1C[C@@H](Oc3cc4c(cn3)CCC(=O)N4)C[C@@H]1CO2. The smallest absolute Gasteiger partial charge is 0.274 e. The third-order valence-electron chi connectivity index (χ3n) is 6.45. The van der Waals surface area contributed by atoms with Crippen LogP contribution in [-0.2, 0) is 11.2 Å². The number of nitrogens with zero attached hydrogens (tertiary/aromatic N) is 2. The first kappa shape index (κ1) is 23.3. The van der Waals surface area contributed by atoms with Crippen molar-refractivity contribution in [3.05, 3.63) is 40.8 Å². The molecule has 11 heteroatoms. The van der Waals surface area contributed by atoms with Crippen LogP contribution < -0.4 is 19.5 Å². The number of aromatic nitrogens is 1. The molecule has 0 aliphatic carbocycles. The van der Waals surface area contributed by atoms with Crippen LogP contribution in [0.5, 0.6) is 17.4 Å². The average Bonchev–Trinajstić information content (AvgIpc) is 3.17. The number of aryl methyl sites for hydroxylation is 2. The number of hydrogen-bond acceptors (Lipinski definition) is 6. The summed E-state index contributed by atoms with van der Waals surface area (Å²) >= 11 is 0. The number of nitrogens with one attached hydrogen (secondary N) is 1. The van der Waals surface area contributed by atoms with Gasteiger partial charge in [-0.3, -0.25) is 9.59 Å². The molecule has 1 aromatic carbocycles. The van der Waals surface area contributed by atoms with E-state index in [9.17, 15) is 22.8 Å². The fourth-order valence-electron chi connectivity index (χ4n) is 4.57. The minimum Gasteiger partial charge on any atom is -0.490 e. The molecule has 0 saturated carbocycles. The van der Waals surface area contributed by atoms with Gasteiger partial charge in [0.05, 0.1) is 18.3 Å². The van der Waals surface area contributed by atoms with E-state index in [0.29, 0.717) is 30.8 Å². The summed E-state index contributed by atoms with van der Waals surface area (Å²) in [6.45, 7) is 2.85. The molecule has 2 amide bonds. The first-order valence-corrected chi connectivity index (χ1v) is 11.4. The van der Waals surface area contributed by atoms with Crippen molar-refractivity contribution in [1.82, 2.24) is 9.88 Å². The van der Waals surface area contributed by atoms with Crippen LogP contribution in [0, 0.1) is 12.7 Å². The number of benzene rings is 1. The van der Waals surface area contributed by atoms with E-state index >= 15 is 0 Å². The first-order chi connectivity index (χ1) is 16.7. The van der Waals surface area contributed by atoms with E-state index in [2.05, 4.69) is 10.3 Å². The van der Waals surface area contributed by atoms with Crippen molar-refractivity contribution >= 4 is 17.5 Å². The molecule has 3 aliphatic heterocycles. The molecular formula is C24H24F3N3O5. The van der Waals surface area contributed by atoms with E-state index in [1.54, 1.807) is 12.3 Å². The van der Waals surface area contributed by atoms with Gasteiger partial charge in [0.25, 0.3) is 12.3 Å². The first-order valence-electron chi connectivity index (χ1n) is 11.4. The van der Waals surface area contributed by atoms with E-state index in [1.165, 1.54) is 17.9 Å². The van der Waals surface area contributed by atoms with Gasteiger partial charge in [0, 0.05) is 25.1 Å². The molecule has 3 atom stereocenters. The van der Waals surface area contributed by atoms with Gasteiger partial charge in [-0.15, -0.1) is 0 Å². The van der Waals surface area contributed by atoms with Crippen LogP contribution in [0.3, 0.4) is 0 Å². The highest BCUT2D eigenvalue weighted by atomic mass is 19.3. The van der Waals surface area contributed by atoms with Gasteiger partial charge in [-0.25, -0.2) is 18.2 Å². The predicted octanol–water partition coefficient (Wildman–Crippen LogP) is 3.50. The molecule has 0 spiro atoms. The number of carbonyl (C=O) groups excluding carboxylic acids is 2. The number of alkyl halides is 2. The zero-order chi connectivity index (χ0) is 24.9. The largest absolute Gasteiger partial charge is 0.490 e. The van der Waals surface area contributed by atoms with E-state index in [4.69, 9.17) is 14.2 Å². The third-order valence-corrected chi connectivity index (χ3v) is 6.45. The second-order valence-corrected chi connectivity index (χ2v) is 8.99. The topological polar surface area (TPSA) is 90.0 Å². The predicted molar refractivity (Wildman–Crippen MR) is 118 cm³/mol. The quantitative estimate of drug-likeness (QED) is 0.689. The number of hydrogen-bond donors (Lipinski definition) is 1. The average molecular weight is 491 g/mol. The zero-order valence-electron chi connectivity index (χ0n) is 19.1. The number of ether oxygens (including phenoxy) is 3. The maximum absolute atomic E-state index is 14.9. The van der Waals surface area contributed by atoms with Gasteiger partial charge in [-0.1, -0.05) is 0 Å². The summed E-state index contributed by atoms with van der Waals surface area (Å²) in [5, 5.41) is 2.79. The summed E-state index contributed by atoms with van der Waals surface area (Å²) in [6, 6.07) is 2.66. The summed E-state index contributed by atoms with van der Waals surface area (Å²) in [7, 11) is 0. The number of pyridine rings is 1. The lowest BCUT2D eigenvalue weighted by atomic mass is 10.1. The highest BCUT2D eigenvalue weighted by molar-refractivity contribution is 6.00. The Morgan fingerprint density at radius 3 is 2.83 bits per heavy atom. The van der Waals surface area contributed by atoms with Crippen molar-refractivity contribution in [2.45, 2.75) is 57.8 Å². The highest BCUT2D eigenvalue weighted by Gasteiger charge is 2.43. The molecule has 4 heterocycles. The van der Waals surface area contributed by atoms with Crippen LogP contribution in [0.15, 0.2) is 18.3 Å². The maximum Gasteiger partial charge on any atom is 0.274 e. The number of amides is 2. The van der Waals surface area contributed by atoms with E-state index in [0.717, 1.165) is 12.5 Å². The fraction of sp³-hybridized carbons (Fsp3) is 0.458. The molecule has 2 aromatic rings. The lowest BCUT2D eigenvalue weighted by Crippen LogP contribution is -2.37. The van der Waals surface area contributed by atoms with Crippen LogP contribution in [-0.4, -0.2) is 59.5 Å². The second kappa shape index (κ2) is 8.94. The van der Waals surface area contributed by atoms with Crippen molar-refractivity contribution in [3.8, 4) is 17.4 Å². The molecule has 1 N–H and O–H groups in total. The summed E-state index contributed by atoms with van der Waals surface area (Å²) in [6.07, 6.45) is -1.83. The van der Waals surface area contributed by atoms with E-state index in [1.807, 2.05) is 0 Å². The number of fused-ring (bicyclic) bond motifs is 3. The van der Waals surface area contributed by atoms with Gasteiger partial charge < -0.3 is 24.4 Å². The summed E-state index contributed by atoms with van der Waals surface area (Å²) in [5.41, 5.74) is 1.48. The van der Waals surface area contributed by atoms with Gasteiger partial charge in [-0.2, -0.15) is 0 Å². The van der Waals surface area contributed by atoms with Crippen LogP contribution in [0.2, 0.25) is 0 Å². The van der Waals surface area contributed by atoms with Crippen LogP contribution >= 0.6 is 0 Å². The summed E-state index contributed by atoms with van der Waals surface area (Å²) < 4.78 is 58.2. The Balaban J connectivity index is 1.38. The monoisotopic (exact) mass is 491 g/mol. The molecular weight excluding hydrogens is 467 g/mol. The molecule has 1 fully saturated rings. The molecule has 0 radical (unpaired) electrons. The van der Waals surface area contributed by atoms with Crippen molar-refractivity contribution < 1.29 is 37.0 Å². The molecule has 0 bridgehead atoms. The number of anilines is 1. The van der Waals surface area contributed by atoms with Gasteiger partial charge in [0.1, 0.15) is 24.0 Å². The molecule has 8 nitrogen and oxygen atoms in total. The Bertz CT molecular complexity index is 1190. The lowest BCUT2D eigenvalue weighted by molar-refractivity contribution is -0.116. The Kier molecular flexibility index (Phi) is 5.94. The molecule has 5 rings (SSSR count). The van der Waals surface area contributed by atoms with Crippen LogP contribution in [0.25, 0.3) is 0 Å². The minimum absolute atomic E-state index is 0.0769. The third kappa shape index (κ3) is 4.35. The number of rotatable bonds is 5. The van der Waals surface area contributed by atoms with Crippen LogP contribution in [0.4, 0.5) is 18.9 Å². The Hall–Kier alpha value is -3.50. The Morgan fingerprint density at radius 1 is 1.26 bits per heavy atom. The molecule has 186 valence electrons. The number of carbonyl (C=O) groups is 2. The van der Waals surface area contributed by atoms with Crippen molar-refractivity contribution in [2.24, 2.45) is 0 Å². The standard InChI is InChI=1S/C24H24F3N3O5/c1-11-5-17-20(22(21(11)25)34-12(2)23(26)27)24(32)30-9-15(6-14(30)10-33-17)35-19-7-16-13(8-28-19)3-4-18(31)29-16/h5,7-8,12,14-15,23H,3-4,6,9-10H2,1-2H3,(H,29,31)/t12-,14-,15+/m1/s1. The maximum atomic E-state index is 14.9. The molecule has 1 saturated heterocycles. The number of halogens is 3. The lowest BCUT2D eigenvalue weighted by Gasteiger charge is -2.23. The van der Waals surface area contributed by atoms with E-state index in [-0.39, 0.29) is 42.0 Å². The molecule has 3 aliphatic rings. The minimum atomic E-state index is -2.86.